The summed E-state index contributed by atoms with van der Waals surface area (Å²) in [6, 6.07) is 7.03. The van der Waals surface area contributed by atoms with E-state index in [0.29, 0.717) is 32.2 Å². The van der Waals surface area contributed by atoms with Gasteiger partial charge in [-0.15, -0.1) is 0 Å². The van der Waals surface area contributed by atoms with Gasteiger partial charge in [0.05, 0.1) is 0 Å². The maximum Gasteiger partial charge on any atom is 0.320 e. The van der Waals surface area contributed by atoms with E-state index < -0.39 is 36.0 Å². The molecule has 0 amide bonds. The summed E-state index contributed by atoms with van der Waals surface area (Å²) in [5, 5.41) is 28.6. The summed E-state index contributed by atoms with van der Waals surface area (Å²) in [4.78, 5) is 31.7. The topological polar surface area (TPSA) is 176 Å². The summed E-state index contributed by atoms with van der Waals surface area (Å²) in [6.07, 6.45) is 2.09. The smallest absolute Gasteiger partial charge is 0.320 e. The minimum atomic E-state index is -1.05. The number of hydrogen-bond acceptors (Lipinski definition) is 6. The Kier molecular flexibility index (Phi) is 12.4. The highest BCUT2D eigenvalue weighted by atomic mass is 16.4. The van der Waals surface area contributed by atoms with Crippen LogP contribution < -0.4 is 16.8 Å². The molecule has 0 saturated heterocycles. The van der Waals surface area contributed by atoms with E-state index in [1.807, 2.05) is 30.3 Å². The zero-order chi connectivity index (χ0) is 20.8. The van der Waals surface area contributed by atoms with Crippen molar-refractivity contribution in [3.8, 4) is 0 Å². The fourth-order valence-electron chi connectivity index (χ4n) is 2.07. The lowest BCUT2D eigenvalue weighted by molar-refractivity contribution is -0.142. The van der Waals surface area contributed by atoms with Gasteiger partial charge in [0, 0.05) is 0 Å². The largest absolute Gasteiger partial charge is 0.480 e. The number of carbonyl (C=O) groups is 3. The molecule has 1 aromatic carbocycles. The van der Waals surface area contributed by atoms with E-state index in [1.165, 1.54) is 6.92 Å². The molecule has 0 aromatic heterocycles. The molecule has 0 unspecified atom stereocenters. The van der Waals surface area contributed by atoms with Crippen LogP contribution >= 0.6 is 0 Å². The van der Waals surface area contributed by atoms with Crippen LogP contribution in [0.1, 0.15) is 31.7 Å². The third kappa shape index (κ3) is 11.7. The lowest BCUT2D eigenvalue weighted by Gasteiger charge is -2.17. The van der Waals surface area contributed by atoms with Crippen molar-refractivity contribution in [2.24, 2.45) is 11.5 Å². The van der Waals surface area contributed by atoms with Gasteiger partial charge < -0.3 is 26.8 Å². The second-order valence-electron chi connectivity index (χ2n) is 6.02. The molecule has 9 heteroatoms. The Morgan fingerprint density at radius 2 is 1.59 bits per heavy atom. The van der Waals surface area contributed by atoms with Crippen molar-refractivity contribution in [1.29, 1.82) is 0 Å². The first-order valence-corrected chi connectivity index (χ1v) is 8.63. The minimum absolute atomic E-state index is 0.358. The van der Waals surface area contributed by atoms with Crippen molar-refractivity contribution in [3.63, 3.8) is 0 Å². The van der Waals surface area contributed by atoms with Crippen LogP contribution in [0.3, 0.4) is 0 Å². The average Bonchev–Trinajstić information content (AvgIpc) is 2.63. The second kappa shape index (κ2) is 13.7. The summed E-state index contributed by atoms with van der Waals surface area (Å²) in [5.74, 6) is -3.04. The van der Waals surface area contributed by atoms with Crippen LogP contribution in [0.5, 0.6) is 0 Å². The van der Waals surface area contributed by atoms with Crippen molar-refractivity contribution < 1.29 is 29.7 Å². The molecule has 0 radical (unpaired) electrons. The lowest BCUT2D eigenvalue weighted by atomic mass is 10.0. The summed E-state index contributed by atoms with van der Waals surface area (Å²) in [6.45, 7) is 1.93. The van der Waals surface area contributed by atoms with Crippen molar-refractivity contribution >= 4 is 17.9 Å². The number of hydrogen-bond donors (Lipinski definition) is 6. The average molecular weight is 383 g/mol. The van der Waals surface area contributed by atoms with Crippen LogP contribution in [-0.2, 0) is 20.8 Å². The second-order valence-corrected chi connectivity index (χ2v) is 6.02. The van der Waals surface area contributed by atoms with Crippen LogP contribution in [0.4, 0.5) is 0 Å². The van der Waals surface area contributed by atoms with Gasteiger partial charge in [0.2, 0.25) is 0 Å². The first-order valence-electron chi connectivity index (χ1n) is 8.63. The molecule has 9 nitrogen and oxygen atoms in total. The fourth-order valence-corrected chi connectivity index (χ4v) is 2.07. The summed E-state index contributed by atoms with van der Waals surface area (Å²) >= 11 is 0. The highest BCUT2D eigenvalue weighted by Gasteiger charge is 2.22. The normalized spacial score (nSPS) is 13.6. The Labute approximate surface area is 158 Å². The maximum absolute atomic E-state index is 11.0. The number of rotatable bonds is 11. The molecule has 0 aliphatic carbocycles. The van der Waals surface area contributed by atoms with Crippen molar-refractivity contribution in [2.75, 3.05) is 6.54 Å². The van der Waals surface area contributed by atoms with E-state index in [2.05, 4.69) is 5.32 Å². The molecule has 3 atom stereocenters. The molecule has 0 aliphatic heterocycles. The number of aryl methyl sites for hydroxylation is 1. The maximum atomic E-state index is 11.0. The molecule has 1 rings (SSSR count). The molecule has 152 valence electrons. The molecule has 0 fully saturated rings. The van der Waals surface area contributed by atoms with E-state index in [-0.39, 0.29) is 0 Å². The molecule has 0 bridgehead atoms. The van der Waals surface area contributed by atoms with Crippen LogP contribution in [0.2, 0.25) is 0 Å². The Hall–Kier alpha value is -2.49. The quantitative estimate of drug-likeness (QED) is 0.313. The van der Waals surface area contributed by atoms with Crippen LogP contribution in [0.15, 0.2) is 30.3 Å². The molecule has 0 saturated carbocycles. The SMILES string of the molecule is C[C@@H](N[C@@H](CCc1ccccc1)C(=O)O)C(=O)O.NCCC[C@H](N)C(=O)O. The Morgan fingerprint density at radius 1 is 1.00 bits per heavy atom. The van der Waals surface area contributed by atoms with E-state index in [4.69, 9.17) is 26.8 Å². The number of carboxylic acid groups (broad SMARTS) is 3. The van der Waals surface area contributed by atoms with E-state index in [1.54, 1.807) is 0 Å². The minimum Gasteiger partial charge on any atom is -0.480 e. The summed E-state index contributed by atoms with van der Waals surface area (Å²) in [7, 11) is 0. The summed E-state index contributed by atoms with van der Waals surface area (Å²) in [5.41, 5.74) is 11.3. The highest BCUT2D eigenvalue weighted by molar-refractivity contribution is 5.77. The van der Waals surface area contributed by atoms with E-state index >= 15 is 0 Å². The van der Waals surface area contributed by atoms with Crippen LogP contribution in [-0.4, -0.2) is 57.9 Å². The van der Waals surface area contributed by atoms with Gasteiger partial charge in [-0.05, 0) is 44.7 Å². The van der Waals surface area contributed by atoms with Gasteiger partial charge >= 0.3 is 17.9 Å². The standard InChI is InChI=1S/C13H17NO4.C5H12N2O2/c1-9(12(15)16)14-11(13(17)18)8-7-10-5-3-2-4-6-10;6-3-1-2-4(7)5(8)9/h2-6,9,11,14H,7-8H2,1H3,(H,15,16)(H,17,18);4H,1-3,6-7H2,(H,8,9)/t9-,11+;4-/m10/s1. The number of nitrogens with one attached hydrogen (secondary N) is 1. The Morgan fingerprint density at radius 3 is 2.04 bits per heavy atom. The molecule has 8 N–H and O–H groups in total. The van der Waals surface area contributed by atoms with Gasteiger partial charge in [-0.3, -0.25) is 19.7 Å². The Balaban J connectivity index is 0.000000636. The van der Waals surface area contributed by atoms with Crippen LogP contribution in [0, 0.1) is 0 Å². The zero-order valence-electron chi connectivity index (χ0n) is 15.4. The predicted molar refractivity (Wildman–Crippen MR) is 100 cm³/mol. The summed E-state index contributed by atoms with van der Waals surface area (Å²) < 4.78 is 0. The van der Waals surface area contributed by atoms with E-state index in [9.17, 15) is 14.4 Å². The molecular formula is C18H29N3O6. The van der Waals surface area contributed by atoms with Crippen molar-refractivity contribution in [3.05, 3.63) is 35.9 Å². The highest BCUT2D eigenvalue weighted by Crippen LogP contribution is 2.06. The van der Waals surface area contributed by atoms with Gasteiger partial charge in [-0.1, -0.05) is 30.3 Å². The molecule has 0 aliphatic rings. The molecular weight excluding hydrogens is 354 g/mol. The number of benzene rings is 1. The zero-order valence-corrected chi connectivity index (χ0v) is 15.4. The molecule has 0 spiro atoms. The third-order valence-electron chi connectivity index (χ3n) is 3.72. The molecule has 27 heavy (non-hydrogen) atoms. The number of carboxylic acids is 3. The van der Waals surface area contributed by atoms with E-state index in [0.717, 1.165) is 5.56 Å². The van der Waals surface area contributed by atoms with Crippen LogP contribution in [0.25, 0.3) is 0 Å². The first kappa shape index (κ1) is 24.5. The van der Waals surface area contributed by atoms with Gasteiger partial charge in [0.1, 0.15) is 18.1 Å². The predicted octanol–water partition coefficient (Wildman–Crippen LogP) is 0.272. The number of aliphatic carboxylic acids is 3. The van der Waals surface area contributed by atoms with Gasteiger partial charge in [0.25, 0.3) is 0 Å². The van der Waals surface area contributed by atoms with Crippen molar-refractivity contribution in [1.82, 2.24) is 5.32 Å². The fraction of sp³-hybridized carbons (Fsp3) is 0.500. The van der Waals surface area contributed by atoms with Gasteiger partial charge in [-0.2, -0.15) is 0 Å². The first-order chi connectivity index (χ1) is 12.7. The number of nitrogens with two attached hydrogens (primary N) is 2. The Bertz CT molecular complexity index is 582. The lowest BCUT2D eigenvalue weighted by Crippen LogP contribution is -2.45. The van der Waals surface area contributed by atoms with Gasteiger partial charge in [-0.25, -0.2) is 0 Å². The van der Waals surface area contributed by atoms with Gasteiger partial charge in [0.15, 0.2) is 0 Å². The van der Waals surface area contributed by atoms with Crippen molar-refractivity contribution in [2.45, 2.75) is 50.7 Å². The monoisotopic (exact) mass is 383 g/mol. The third-order valence-corrected chi connectivity index (χ3v) is 3.72. The molecule has 0 heterocycles. The molecule has 1 aromatic rings.